The van der Waals surface area contributed by atoms with Crippen molar-refractivity contribution in [3.8, 4) is 5.69 Å². The molecule has 3 aromatic rings. The number of carbonyl (C=O) groups excluding carboxylic acids is 1. The zero-order valence-corrected chi connectivity index (χ0v) is 14.5. The Labute approximate surface area is 153 Å². The van der Waals surface area contributed by atoms with E-state index in [0.717, 1.165) is 5.69 Å². The Morgan fingerprint density at radius 1 is 1.04 bits per heavy atom. The van der Waals surface area contributed by atoms with Gasteiger partial charge in [-0.1, -0.05) is 35.3 Å². The summed E-state index contributed by atoms with van der Waals surface area (Å²) in [4.78, 5) is 14.6. The van der Waals surface area contributed by atoms with E-state index in [-0.39, 0.29) is 18.9 Å². The number of aromatic nitrogens is 3. The number of anilines is 2. The van der Waals surface area contributed by atoms with Crippen molar-refractivity contribution < 1.29 is 4.79 Å². The third kappa shape index (κ3) is 2.59. The van der Waals surface area contributed by atoms with Gasteiger partial charge in [-0.2, -0.15) is 0 Å². The molecule has 0 saturated carbocycles. The second kappa shape index (κ2) is 6.15. The van der Waals surface area contributed by atoms with Gasteiger partial charge >= 0.3 is 0 Å². The maximum absolute atomic E-state index is 13.0. The van der Waals surface area contributed by atoms with Crippen LogP contribution in [-0.4, -0.2) is 20.7 Å². The average Bonchev–Trinajstić information content (AvgIpc) is 2.94. The van der Waals surface area contributed by atoms with Crippen LogP contribution in [0.25, 0.3) is 5.69 Å². The minimum Gasteiger partial charge on any atom is -0.324 e. The summed E-state index contributed by atoms with van der Waals surface area (Å²) in [5.41, 5.74) is 7.72. The highest BCUT2D eigenvalue weighted by Gasteiger charge is 2.30. The normalized spacial score (nSPS) is 13.4. The van der Waals surface area contributed by atoms with Gasteiger partial charge in [0.2, 0.25) is 5.91 Å². The molecule has 25 heavy (non-hydrogen) atoms. The highest BCUT2D eigenvalue weighted by molar-refractivity contribution is 6.34. The molecule has 0 aliphatic carbocycles. The van der Waals surface area contributed by atoms with E-state index in [1.54, 1.807) is 33.7 Å². The molecular formula is C17H13Cl2N5O. The van der Waals surface area contributed by atoms with Crippen molar-refractivity contribution >= 4 is 40.5 Å². The van der Waals surface area contributed by atoms with Crippen LogP contribution >= 0.6 is 23.2 Å². The van der Waals surface area contributed by atoms with Gasteiger partial charge < -0.3 is 5.73 Å². The number of carbonyl (C=O) groups is 1. The van der Waals surface area contributed by atoms with Crippen LogP contribution in [0.5, 0.6) is 0 Å². The second-order valence-corrected chi connectivity index (χ2v) is 6.41. The summed E-state index contributed by atoms with van der Waals surface area (Å²) in [7, 11) is 0. The van der Waals surface area contributed by atoms with Crippen molar-refractivity contribution in [3.63, 3.8) is 0 Å². The first-order valence-electron chi connectivity index (χ1n) is 7.61. The summed E-state index contributed by atoms with van der Waals surface area (Å²) in [6, 6.07) is 12.5. The molecule has 1 amide bonds. The van der Waals surface area contributed by atoms with Crippen LogP contribution in [-0.2, 0) is 17.8 Å². The molecular weight excluding hydrogens is 361 g/mol. The quantitative estimate of drug-likeness (QED) is 0.747. The van der Waals surface area contributed by atoms with Gasteiger partial charge in [0, 0.05) is 5.02 Å². The molecule has 2 heterocycles. The molecule has 6 nitrogen and oxygen atoms in total. The van der Waals surface area contributed by atoms with Crippen LogP contribution < -0.4 is 10.6 Å². The van der Waals surface area contributed by atoms with Gasteiger partial charge in [-0.3, -0.25) is 14.3 Å². The number of nitrogens with zero attached hydrogens (tertiary/aromatic N) is 4. The van der Waals surface area contributed by atoms with Crippen molar-refractivity contribution in [1.29, 1.82) is 0 Å². The summed E-state index contributed by atoms with van der Waals surface area (Å²) >= 11 is 12.6. The lowest BCUT2D eigenvalue weighted by Gasteiger charge is -2.24. The van der Waals surface area contributed by atoms with Crippen molar-refractivity contribution in [2.75, 3.05) is 4.90 Å². The first-order valence-corrected chi connectivity index (χ1v) is 8.36. The molecule has 0 spiro atoms. The Kier molecular flexibility index (Phi) is 3.95. The lowest BCUT2D eigenvalue weighted by atomic mass is 10.2. The van der Waals surface area contributed by atoms with Gasteiger partial charge in [0.25, 0.3) is 0 Å². The zero-order valence-electron chi connectivity index (χ0n) is 13.0. The van der Waals surface area contributed by atoms with E-state index in [4.69, 9.17) is 28.9 Å². The highest BCUT2D eigenvalue weighted by Crippen LogP contribution is 2.39. The predicted octanol–water partition coefficient (Wildman–Crippen LogP) is 3.25. The molecule has 0 radical (unpaired) electrons. The fraction of sp³-hybridized carbons (Fsp3) is 0.118. The Hall–Kier alpha value is -2.41. The fourth-order valence-electron chi connectivity index (χ4n) is 2.99. The molecule has 0 fully saturated rings. The minimum absolute atomic E-state index is 0.0739. The van der Waals surface area contributed by atoms with Crippen molar-refractivity contribution in [3.05, 3.63) is 64.2 Å². The number of benzene rings is 2. The third-order valence-electron chi connectivity index (χ3n) is 4.05. The van der Waals surface area contributed by atoms with E-state index in [1.165, 1.54) is 0 Å². The van der Waals surface area contributed by atoms with Crippen LogP contribution in [0, 0.1) is 0 Å². The van der Waals surface area contributed by atoms with Crippen molar-refractivity contribution in [2.24, 2.45) is 5.73 Å². The number of nitrogens with two attached hydrogens (primary N) is 1. The van der Waals surface area contributed by atoms with Crippen molar-refractivity contribution in [2.45, 2.75) is 13.0 Å². The third-order valence-corrected chi connectivity index (χ3v) is 4.61. The molecule has 2 aromatic carbocycles. The Bertz CT molecular complexity index is 985. The van der Waals surface area contributed by atoms with Crippen LogP contribution in [0.3, 0.4) is 0 Å². The van der Waals surface area contributed by atoms with E-state index < -0.39 is 0 Å². The molecule has 2 N–H and O–H groups in total. The summed E-state index contributed by atoms with van der Waals surface area (Å²) in [5, 5.41) is 9.20. The summed E-state index contributed by atoms with van der Waals surface area (Å²) < 4.78 is 1.81. The minimum atomic E-state index is -0.175. The lowest BCUT2D eigenvalue weighted by molar-refractivity contribution is -0.117. The number of para-hydroxylation sites is 1. The topological polar surface area (TPSA) is 77.0 Å². The molecule has 1 aliphatic heterocycles. The molecule has 4 rings (SSSR count). The van der Waals surface area contributed by atoms with Crippen LogP contribution in [0.2, 0.25) is 10.0 Å². The maximum atomic E-state index is 13.0. The first-order chi connectivity index (χ1) is 12.1. The SMILES string of the molecule is NCc1nnc2n1-c1ccc(Cl)cc1N(c1ccccc1Cl)C(=O)C2. The zero-order chi connectivity index (χ0) is 17.6. The molecule has 126 valence electrons. The van der Waals surface area contributed by atoms with Crippen molar-refractivity contribution in [1.82, 2.24) is 14.8 Å². The first kappa shape index (κ1) is 16.1. The second-order valence-electron chi connectivity index (χ2n) is 5.56. The summed E-state index contributed by atoms with van der Waals surface area (Å²) in [5.74, 6) is 0.933. The molecule has 0 atom stereocenters. The molecule has 0 unspecified atom stereocenters. The Morgan fingerprint density at radius 3 is 2.60 bits per heavy atom. The smallest absolute Gasteiger partial charge is 0.239 e. The maximum Gasteiger partial charge on any atom is 0.239 e. The summed E-state index contributed by atoms with van der Waals surface area (Å²) in [6.45, 7) is 0.204. The van der Waals surface area contributed by atoms with E-state index >= 15 is 0 Å². The predicted molar refractivity (Wildman–Crippen MR) is 96.6 cm³/mol. The molecule has 1 aliphatic rings. The fourth-order valence-corrected chi connectivity index (χ4v) is 3.38. The van der Waals surface area contributed by atoms with Crippen LogP contribution in [0.1, 0.15) is 11.6 Å². The standard InChI is InChI=1S/C17H13Cl2N5O/c18-10-5-6-13-14(7-10)23(12-4-2-1-3-11(12)19)17(25)8-15-21-22-16(9-20)24(13)15/h1-7H,8-9,20H2. The number of hydrogen-bond acceptors (Lipinski definition) is 4. The van der Waals surface area contributed by atoms with Crippen LogP contribution in [0.4, 0.5) is 11.4 Å². The number of halogens is 2. The van der Waals surface area contributed by atoms with E-state index in [2.05, 4.69) is 10.2 Å². The van der Waals surface area contributed by atoms with Gasteiger partial charge in [0.1, 0.15) is 5.82 Å². The lowest BCUT2D eigenvalue weighted by Crippen LogP contribution is -2.27. The van der Waals surface area contributed by atoms with Gasteiger partial charge in [-0.25, -0.2) is 0 Å². The number of fused-ring (bicyclic) bond motifs is 3. The van der Waals surface area contributed by atoms with Crippen LogP contribution in [0.15, 0.2) is 42.5 Å². The summed E-state index contributed by atoms with van der Waals surface area (Å²) in [6.07, 6.45) is 0.0739. The average molecular weight is 374 g/mol. The Morgan fingerprint density at radius 2 is 1.84 bits per heavy atom. The van der Waals surface area contributed by atoms with E-state index in [0.29, 0.717) is 33.1 Å². The van der Waals surface area contributed by atoms with Gasteiger partial charge in [0.05, 0.1) is 35.1 Å². The number of hydrogen-bond donors (Lipinski definition) is 1. The van der Waals surface area contributed by atoms with Gasteiger partial charge in [-0.05, 0) is 30.3 Å². The monoisotopic (exact) mass is 373 g/mol. The van der Waals surface area contributed by atoms with Gasteiger partial charge in [0.15, 0.2) is 5.82 Å². The molecule has 8 heteroatoms. The molecule has 0 bridgehead atoms. The largest absolute Gasteiger partial charge is 0.324 e. The molecule has 1 aromatic heterocycles. The number of rotatable bonds is 2. The number of amides is 1. The van der Waals surface area contributed by atoms with Gasteiger partial charge in [-0.15, -0.1) is 10.2 Å². The highest BCUT2D eigenvalue weighted by atomic mass is 35.5. The molecule has 0 saturated heterocycles. The van der Waals surface area contributed by atoms with E-state index in [9.17, 15) is 4.79 Å². The van der Waals surface area contributed by atoms with E-state index in [1.807, 2.05) is 18.2 Å². The Balaban J connectivity index is 2.03.